The van der Waals surface area contributed by atoms with Crippen LogP contribution >= 0.6 is 0 Å². The van der Waals surface area contributed by atoms with Crippen molar-refractivity contribution in [3.8, 4) is 0 Å². The van der Waals surface area contributed by atoms with E-state index in [4.69, 9.17) is 9.47 Å². The van der Waals surface area contributed by atoms with Crippen LogP contribution in [0.3, 0.4) is 0 Å². The van der Waals surface area contributed by atoms with Crippen molar-refractivity contribution in [3.63, 3.8) is 0 Å². The number of aliphatic hydroxyl groups is 2. The van der Waals surface area contributed by atoms with Gasteiger partial charge in [-0.25, -0.2) is 4.79 Å². The van der Waals surface area contributed by atoms with Gasteiger partial charge in [0, 0.05) is 24.5 Å². The summed E-state index contributed by atoms with van der Waals surface area (Å²) in [5, 5.41) is 32.5. The van der Waals surface area contributed by atoms with Crippen LogP contribution in [0.5, 0.6) is 0 Å². The molecule has 0 bridgehead atoms. The molecule has 0 radical (unpaired) electrons. The summed E-state index contributed by atoms with van der Waals surface area (Å²) in [5.74, 6) is -4.52. The molecule has 9 nitrogen and oxygen atoms in total. The Morgan fingerprint density at radius 3 is 2.50 bits per heavy atom. The largest absolute Gasteiger partial charge is 0.512 e. The molecule has 0 fully saturated rings. The number of nitro benzene ring substituents is 1. The van der Waals surface area contributed by atoms with Crippen LogP contribution in [0.2, 0.25) is 0 Å². The zero-order valence-electron chi connectivity index (χ0n) is 15.9. The molecule has 3 atom stereocenters. The molecule has 0 unspecified atom stereocenters. The average Bonchev–Trinajstić information content (AvgIpc) is 2.60. The van der Waals surface area contributed by atoms with Crippen LogP contribution in [0.4, 0.5) is 5.69 Å². The number of nitro groups is 1. The van der Waals surface area contributed by atoms with Crippen LogP contribution in [0.1, 0.15) is 38.7 Å². The molecule has 2 N–H and O–H groups in total. The summed E-state index contributed by atoms with van der Waals surface area (Å²) in [4.78, 5) is 35.8. The van der Waals surface area contributed by atoms with E-state index in [0.29, 0.717) is 0 Å². The molecule has 1 aliphatic carbocycles. The molecule has 0 saturated heterocycles. The molecule has 0 heterocycles. The topological polar surface area (TPSA) is 136 Å². The fourth-order valence-electron chi connectivity index (χ4n) is 3.52. The van der Waals surface area contributed by atoms with Gasteiger partial charge in [-0.2, -0.15) is 0 Å². The first-order valence-electron chi connectivity index (χ1n) is 8.86. The molecule has 1 aliphatic rings. The van der Waals surface area contributed by atoms with Crippen LogP contribution in [0.15, 0.2) is 35.6 Å². The predicted molar refractivity (Wildman–Crippen MR) is 97.5 cm³/mol. The molecular weight excluding hydrogens is 370 g/mol. The van der Waals surface area contributed by atoms with Gasteiger partial charge in [-0.3, -0.25) is 14.9 Å². The number of non-ortho nitro benzene ring substituents is 1. The molecule has 0 aromatic heterocycles. The Balaban J connectivity index is 2.72. The molecule has 152 valence electrons. The average molecular weight is 393 g/mol. The first-order chi connectivity index (χ1) is 13.1. The van der Waals surface area contributed by atoms with Crippen molar-refractivity contribution in [3.05, 3.63) is 51.3 Å². The number of nitrogens with zero attached hydrogens (tertiary/aromatic N) is 1. The lowest BCUT2D eigenvalue weighted by Gasteiger charge is -2.41. The standard InChI is InChI=1S/C19H23NO8/c1-4-27-17(22)15-13(21)10-19(3,24)16(18(23)28-5-2)14(15)11-7-6-8-12(9-11)20(25)26/h6-9,14,16,21,24H,4-5,10H2,1-3H3/t14-,16-,19+/m1/s1. The molecule has 9 heteroatoms. The summed E-state index contributed by atoms with van der Waals surface area (Å²) >= 11 is 0. The summed E-state index contributed by atoms with van der Waals surface area (Å²) in [6.45, 7) is 4.59. The number of ether oxygens (including phenoxy) is 2. The second kappa shape index (κ2) is 8.39. The monoisotopic (exact) mass is 393 g/mol. The van der Waals surface area contributed by atoms with Crippen molar-refractivity contribution < 1.29 is 34.2 Å². The Kier molecular flexibility index (Phi) is 6.40. The van der Waals surface area contributed by atoms with E-state index >= 15 is 0 Å². The highest BCUT2D eigenvalue weighted by atomic mass is 16.6. The molecular formula is C19H23NO8. The normalized spacial score (nSPS) is 24.6. The molecule has 0 amide bonds. The van der Waals surface area contributed by atoms with E-state index in [2.05, 4.69) is 0 Å². The van der Waals surface area contributed by atoms with Crippen LogP contribution in [-0.2, 0) is 19.1 Å². The fourth-order valence-corrected chi connectivity index (χ4v) is 3.52. The van der Waals surface area contributed by atoms with Gasteiger partial charge in [-0.05, 0) is 26.3 Å². The summed E-state index contributed by atoms with van der Waals surface area (Å²) in [7, 11) is 0. The lowest BCUT2D eigenvalue weighted by atomic mass is 9.66. The van der Waals surface area contributed by atoms with Gasteiger partial charge >= 0.3 is 11.9 Å². The lowest BCUT2D eigenvalue weighted by Crippen LogP contribution is -2.49. The second-order valence-corrected chi connectivity index (χ2v) is 6.67. The maximum Gasteiger partial charge on any atom is 0.338 e. The van der Waals surface area contributed by atoms with E-state index in [0.717, 1.165) is 0 Å². The SMILES string of the molecule is CCOC(=O)C1=C(O)C[C@](C)(O)[C@@H](C(=O)OCC)[C@@H]1c1cccc([N+](=O)[O-])c1. The smallest absolute Gasteiger partial charge is 0.338 e. The third-order valence-electron chi connectivity index (χ3n) is 4.63. The Bertz CT molecular complexity index is 814. The maximum absolute atomic E-state index is 12.7. The number of aliphatic hydroxyl groups excluding tert-OH is 1. The van der Waals surface area contributed by atoms with E-state index in [9.17, 15) is 29.9 Å². The summed E-state index contributed by atoms with van der Waals surface area (Å²) in [6, 6.07) is 5.35. The predicted octanol–water partition coefficient (Wildman–Crippen LogP) is 2.39. The summed E-state index contributed by atoms with van der Waals surface area (Å²) < 4.78 is 10.1. The van der Waals surface area contributed by atoms with E-state index < -0.39 is 40.1 Å². The molecule has 0 spiro atoms. The second-order valence-electron chi connectivity index (χ2n) is 6.67. The fraction of sp³-hybridized carbons (Fsp3) is 0.474. The van der Waals surface area contributed by atoms with E-state index in [1.807, 2.05) is 0 Å². The minimum atomic E-state index is -1.75. The Hall–Kier alpha value is -2.94. The number of hydrogen-bond acceptors (Lipinski definition) is 8. The molecule has 1 aromatic rings. The number of rotatable bonds is 6. The van der Waals surface area contributed by atoms with Crippen molar-refractivity contribution in [1.29, 1.82) is 0 Å². The first-order valence-corrected chi connectivity index (χ1v) is 8.86. The quantitative estimate of drug-likeness (QED) is 0.427. The summed E-state index contributed by atoms with van der Waals surface area (Å²) in [5.41, 5.74) is -2.01. The first kappa shape index (κ1) is 21.4. The molecule has 0 saturated carbocycles. The maximum atomic E-state index is 12.7. The van der Waals surface area contributed by atoms with Crippen LogP contribution in [-0.4, -0.2) is 45.9 Å². The Morgan fingerprint density at radius 1 is 1.29 bits per heavy atom. The van der Waals surface area contributed by atoms with Gasteiger partial charge in [-0.1, -0.05) is 12.1 Å². The van der Waals surface area contributed by atoms with Gasteiger partial charge in [0.25, 0.3) is 5.69 Å². The van der Waals surface area contributed by atoms with E-state index in [1.165, 1.54) is 31.2 Å². The van der Waals surface area contributed by atoms with Crippen molar-refractivity contribution >= 4 is 17.6 Å². The highest BCUT2D eigenvalue weighted by molar-refractivity contribution is 5.93. The van der Waals surface area contributed by atoms with Crippen LogP contribution in [0, 0.1) is 16.0 Å². The lowest BCUT2D eigenvalue weighted by molar-refractivity contribution is -0.384. The zero-order chi connectivity index (χ0) is 21.1. The van der Waals surface area contributed by atoms with Gasteiger partial charge in [0.05, 0.1) is 35.2 Å². The zero-order valence-corrected chi connectivity index (χ0v) is 15.9. The minimum absolute atomic E-state index is 0.0255. The molecule has 28 heavy (non-hydrogen) atoms. The molecule has 0 aliphatic heterocycles. The van der Waals surface area contributed by atoms with Gasteiger partial charge in [0.1, 0.15) is 5.76 Å². The van der Waals surface area contributed by atoms with E-state index in [1.54, 1.807) is 13.8 Å². The highest BCUT2D eigenvalue weighted by Gasteiger charge is 2.52. The van der Waals surface area contributed by atoms with Crippen molar-refractivity contribution in [1.82, 2.24) is 0 Å². The van der Waals surface area contributed by atoms with Gasteiger partial charge in [0.15, 0.2) is 0 Å². The summed E-state index contributed by atoms with van der Waals surface area (Å²) in [6.07, 6.45) is -0.365. The Morgan fingerprint density at radius 2 is 1.93 bits per heavy atom. The number of esters is 2. The molecule has 2 rings (SSSR count). The third kappa shape index (κ3) is 4.14. The Labute approximate surface area is 161 Å². The third-order valence-corrected chi connectivity index (χ3v) is 4.63. The van der Waals surface area contributed by atoms with Gasteiger partial charge < -0.3 is 19.7 Å². The number of carbonyl (C=O) groups is 2. The van der Waals surface area contributed by atoms with Crippen molar-refractivity contribution in [2.24, 2.45) is 5.92 Å². The highest BCUT2D eigenvalue weighted by Crippen LogP contribution is 2.47. The number of carbonyl (C=O) groups excluding carboxylic acids is 2. The molecule has 1 aromatic carbocycles. The van der Waals surface area contributed by atoms with Gasteiger partial charge in [0.2, 0.25) is 0 Å². The van der Waals surface area contributed by atoms with Crippen molar-refractivity contribution in [2.45, 2.75) is 38.7 Å². The van der Waals surface area contributed by atoms with E-state index in [-0.39, 0.29) is 36.5 Å². The number of benzene rings is 1. The van der Waals surface area contributed by atoms with Crippen molar-refractivity contribution in [2.75, 3.05) is 13.2 Å². The van der Waals surface area contributed by atoms with Crippen LogP contribution < -0.4 is 0 Å². The number of hydrogen-bond donors (Lipinski definition) is 2. The van der Waals surface area contributed by atoms with Crippen LogP contribution in [0.25, 0.3) is 0 Å². The van der Waals surface area contributed by atoms with Gasteiger partial charge in [-0.15, -0.1) is 0 Å². The minimum Gasteiger partial charge on any atom is -0.512 e.